The van der Waals surface area contributed by atoms with Crippen molar-refractivity contribution in [1.82, 2.24) is 4.90 Å². The Hall–Kier alpha value is -2.37. The number of nitriles is 1. The fourth-order valence-electron chi connectivity index (χ4n) is 3.97. The molecule has 1 saturated heterocycles. The lowest BCUT2D eigenvalue weighted by molar-refractivity contribution is 0.0560. The zero-order valence-corrected chi connectivity index (χ0v) is 16.0. The molecule has 5 nitrogen and oxygen atoms in total. The second-order valence-electron chi connectivity index (χ2n) is 7.49. The molecule has 0 aromatic heterocycles. The van der Waals surface area contributed by atoms with Crippen LogP contribution < -0.4 is 4.74 Å². The number of piperidine rings is 1. The number of Topliss-reactive ketones (excluding diaryl/α,β-unsaturated/α-hetero) is 1. The van der Waals surface area contributed by atoms with Crippen LogP contribution in [0.25, 0.3) is 4.85 Å². The van der Waals surface area contributed by atoms with Crippen molar-refractivity contribution in [2.45, 2.75) is 44.9 Å². The molecule has 0 bridgehead atoms. The summed E-state index contributed by atoms with van der Waals surface area (Å²) in [5.74, 6) is 0.740. The Kier molecular flexibility index (Phi) is 6.85. The number of ether oxygens (including phenoxy) is 1. The molecule has 1 fully saturated rings. The van der Waals surface area contributed by atoms with Crippen LogP contribution in [0, 0.1) is 22.8 Å². The highest BCUT2D eigenvalue weighted by Crippen LogP contribution is 2.40. The standard InChI is InChI=1S/C22H28N3O2/c23-12-6-10-22(18-27-20-9-3-2-8-19(20)21(22)26)11-7-13-24-14-17-25-15-4-1-5-16-25/h2-3,8-9H,1,4-7,10-11,14-18H2/q+1. The molecule has 0 N–H and O–H groups in total. The molecule has 0 radical (unpaired) electrons. The Morgan fingerprint density at radius 3 is 2.74 bits per heavy atom. The van der Waals surface area contributed by atoms with Gasteiger partial charge in [0.15, 0.2) is 5.78 Å². The molecule has 5 heteroatoms. The maximum atomic E-state index is 13.1. The van der Waals surface area contributed by atoms with Crippen molar-refractivity contribution in [3.8, 4) is 17.9 Å². The summed E-state index contributed by atoms with van der Waals surface area (Å²) in [6.45, 7) is 4.44. The smallest absolute Gasteiger partial charge is 0.276 e. The van der Waals surface area contributed by atoms with Gasteiger partial charge in [0.2, 0.25) is 0 Å². The van der Waals surface area contributed by atoms with E-state index >= 15 is 0 Å². The Bertz CT molecular complexity index is 753. The molecular formula is C22H28N3O2+. The van der Waals surface area contributed by atoms with E-state index in [0.717, 1.165) is 13.1 Å². The molecule has 0 saturated carbocycles. The Balaban J connectivity index is 1.57. The first-order valence-electron chi connectivity index (χ1n) is 10.0. The Labute approximate surface area is 161 Å². The number of carbonyl (C=O) groups is 1. The molecule has 3 rings (SSSR count). The summed E-state index contributed by atoms with van der Waals surface area (Å²) in [6, 6.07) is 12.7. The molecule has 1 aromatic rings. The molecule has 2 aliphatic rings. The van der Waals surface area contributed by atoms with Crippen LogP contribution in [0.3, 0.4) is 0 Å². The van der Waals surface area contributed by atoms with Crippen LogP contribution in [0.4, 0.5) is 0 Å². The highest BCUT2D eigenvalue weighted by molar-refractivity contribution is 6.03. The van der Waals surface area contributed by atoms with Gasteiger partial charge >= 0.3 is 0 Å². The number of ketones is 1. The van der Waals surface area contributed by atoms with E-state index in [9.17, 15) is 4.79 Å². The first-order chi connectivity index (χ1) is 13.2. The first-order valence-corrected chi connectivity index (χ1v) is 10.0. The normalized spacial score (nSPS) is 22.1. The second-order valence-corrected chi connectivity index (χ2v) is 7.49. The van der Waals surface area contributed by atoms with Gasteiger partial charge in [0.05, 0.1) is 30.0 Å². The van der Waals surface area contributed by atoms with Crippen LogP contribution in [0.2, 0.25) is 0 Å². The van der Waals surface area contributed by atoms with Crippen LogP contribution in [0.15, 0.2) is 24.3 Å². The van der Waals surface area contributed by atoms with E-state index in [1.165, 1.54) is 32.4 Å². The van der Waals surface area contributed by atoms with Gasteiger partial charge in [-0.25, -0.2) is 0 Å². The van der Waals surface area contributed by atoms with Crippen molar-refractivity contribution >= 4 is 5.78 Å². The third-order valence-corrected chi connectivity index (χ3v) is 5.64. The second kappa shape index (κ2) is 9.53. The van der Waals surface area contributed by atoms with E-state index in [-0.39, 0.29) is 5.78 Å². The molecule has 1 unspecified atom stereocenters. The minimum atomic E-state index is -0.639. The molecule has 2 aliphatic heterocycles. The Morgan fingerprint density at radius 2 is 1.93 bits per heavy atom. The zero-order chi connectivity index (χ0) is 19.0. The van der Waals surface area contributed by atoms with E-state index in [4.69, 9.17) is 10.00 Å². The first kappa shape index (κ1) is 19.4. The predicted octanol–water partition coefficient (Wildman–Crippen LogP) is 4.15. The molecule has 1 atom stereocenters. The van der Waals surface area contributed by atoms with Crippen LogP contribution >= 0.6 is 0 Å². The summed E-state index contributed by atoms with van der Waals surface area (Å²) in [7, 11) is 0. The molecule has 0 amide bonds. The van der Waals surface area contributed by atoms with Gasteiger partial charge in [-0.15, -0.1) is 0 Å². The van der Waals surface area contributed by atoms with Crippen molar-refractivity contribution in [2.24, 2.45) is 5.41 Å². The fourth-order valence-corrected chi connectivity index (χ4v) is 3.97. The molecule has 27 heavy (non-hydrogen) atoms. The average Bonchev–Trinajstić information content (AvgIpc) is 2.72. The van der Waals surface area contributed by atoms with Crippen molar-refractivity contribution in [1.29, 1.82) is 5.26 Å². The number of benzene rings is 1. The molecule has 142 valence electrons. The van der Waals surface area contributed by atoms with Crippen molar-refractivity contribution in [3.63, 3.8) is 0 Å². The number of carbonyl (C=O) groups excluding carboxylic acids is 1. The predicted molar refractivity (Wildman–Crippen MR) is 105 cm³/mol. The lowest BCUT2D eigenvalue weighted by Gasteiger charge is -2.35. The third kappa shape index (κ3) is 4.87. The monoisotopic (exact) mass is 366 g/mol. The van der Waals surface area contributed by atoms with Crippen LogP contribution in [-0.2, 0) is 0 Å². The van der Waals surface area contributed by atoms with Gasteiger partial charge in [0.25, 0.3) is 12.6 Å². The van der Waals surface area contributed by atoms with E-state index in [0.29, 0.717) is 43.6 Å². The van der Waals surface area contributed by atoms with E-state index in [1.54, 1.807) is 0 Å². The highest BCUT2D eigenvalue weighted by atomic mass is 16.5. The fraction of sp³-hybridized carbons (Fsp3) is 0.591. The minimum Gasteiger partial charge on any atom is -0.492 e. The summed E-state index contributed by atoms with van der Waals surface area (Å²) in [5.41, 5.74) is -0.0110. The van der Waals surface area contributed by atoms with Gasteiger partial charge in [-0.05, 0) is 50.9 Å². The average molecular weight is 366 g/mol. The van der Waals surface area contributed by atoms with Crippen LogP contribution in [0.5, 0.6) is 5.75 Å². The van der Waals surface area contributed by atoms with Gasteiger partial charge in [0.1, 0.15) is 12.4 Å². The largest absolute Gasteiger partial charge is 0.492 e. The number of hydrogen-bond donors (Lipinski definition) is 0. The molecule has 2 heterocycles. The lowest BCUT2D eigenvalue weighted by atomic mass is 9.72. The van der Waals surface area contributed by atoms with Crippen LogP contribution in [-0.4, -0.2) is 43.5 Å². The van der Waals surface area contributed by atoms with E-state index in [2.05, 4.69) is 21.9 Å². The summed E-state index contributed by atoms with van der Waals surface area (Å²) in [4.78, 5) is 20.0. The van der Waals surface area contributed by atoms with Gasteiger partial charge in [-0.1, -0.05) is 23.4 Å². The summed E-state index contributed by atoms with van der Waals surface area (Å²) >= 11 is 0. The quantitative estimate of drug-likeness (QED) is 0.759. The summed E-state index contributed by atoms with van der Waals surface area (Å²) in [5, 5.41) is 9.02. The number of nitrogens with zero attached hydrogens (tertiary/aromatic N) is 3. The molecule has 0 aliphatic carbocycles. The van der Waals surface area contributed by atoms with Gasteiger partial charge in [-0.2, -0.15) is 5.26 Å². The number of likely N-dealkylation sites (tertiary alicyclic amines) is 1. The number of para-hydroxylation sites is 1. The van der Waals surface area contributed by atoms with Gasteiger partial charge in [0, 0.05) is 6.42 Å². The molecule has 0 spiro atoms. The number of fused-ring (bicyclic) bond motifs is 1. The zero-order valence-electron chi connectivity index (χ0n) is 16.0. The van der Waals surface area contributed by atoms with Gasteiger partial charge < -0.3 is 4.74 Å². The van der Waals surface area contributed by atoms with Crippen molar-refractivity contribution in [2.75, 3.05) is 32.8 Å². The van der Waals surface area contributed by atoms with Crippen molar-refractivity contribution < 1.29 is 9.53 Å². The van der Waals surface area contributed by atoms with E-state index < -0.39 is 5.41 Å². The maximum absolute atomic E-state index is 13.1. The highest BCUT2D eigenvalue weighted by Gasteiger charge is 2.43. The molecular weight excluding hydrogens is 338 g/mol. The SMILES string of the molecule is N#CCCC1(CCC#[N+]CCN2CCCCC2)COc2ccccc2C1=O. The summed E-state index contributed by atoms with van der Waals surface area (Å²) in [6.07, 6.45) is 6.03. The minimum absolute atomic E-state index is 0.0923. The number of rotatable bonds is 6. The molecule has 1 aromatic carbocycles. The lowest BCUT2D eigenvalue weighted by Crippen LogP contribution is -2.41. The van der Waals surface area contributed by atoms with Gasteiger partial charge in [-0.3, -0.25) is 9.69 Å². The van der Waals surface area contributed by atoms with E-state index in [1.807, 2.05) is 24.3 Å². The topological polar surface area (TPSA) is 57.7 Å². The summed E-state index contributed by atoms with van der Waals surface area (Å²) < 4.78 is 5.87. The third-order valence-electron chi connectivity index (χ3n) is 5.64. The van der Waals surface area contributed by atoms with Crippen LogP contribution in [0.1, 0.15) is 55.3 Å². The Morgan fingerprint density at radius 1 is 1.15 bits per heavy atom. The van der Waals surface area contributed by atoms with Crippen molar-refractivity contribution in [3.05, 3.63) is 34.7 Å². The number of hydrogen-bond acceptors (Lipinski definition) is 4. The maximum Gasteiger partial charge on any atom is 0.276 e.